The zero-order chi connectivity index (χ0) is 23.3. The second-order valence-corrected chi connectivity index (χ2v) is 10.6. The molecule has 1 unspecified atom stereocenters. The molecular formula is C24H32N4O4S. The Morgan fingerprint density at radius 3 is 2.58 bits per heavy atom. The third-order valence-electron chi connectivity index (χ3n) is 6.63. The van der Waals surface area contributed by atoms with Crippen molar-refractivity contribution in [3.63, 3.8) is 0 Å². The summed E-state index contributed by atoms with van der Waals surface area (Å²) in [5.41, 5.74) is 1.13. The zero-order valence-corrected chi connectivity index (χ0v) is 19.8. The summed E-state index contributed by atoms with van der Waals surface area (Å²) in [5, 5.41) is 3.15. The number of nitrogens with one attached hydrogen (secondary N) is 1. The molecule has 2 aromatic rings. The maximum Gasteiger partial charge on any atom is 0.244 e. The van der Waals surface area contributed by atoms with Gasteiger partial charge in [-0.2, -0.15) is 4.31 Å². The molecule has 1 aromatic carbocycles. The van der Waals surface area contributed by atoms with Gasteiger partial charge >= 0.3 is 0 Å². The monoisotopic (exact) mass is 472 g/mol. The number of piperidine rings is 1. The first-order chi connectivity index (χ1) is 16.0. The van der Waals surface area contributed by atoms with E-state index in [1.54, 1.807) is 25.4 Å². The van der Waals surface area contributed by atoms with Crippen molar-refractivity contribution in [2.24, 2.45) is 5.92 Å². The number of pyridine rings is 1. The van der Waals surface area contributed by atoms with E-state index >= 15 is 0 Å². The molecule has 2 aliphatic heterocycles. The molecule has 0 aliphatic carbocycles. The third-order valence-corrected chi connectivity index (χ3v) is 8.51. The molecule has 1 amide bonds. The highest BCUT2D eigenvalue weighted by Gasteiger charge is 2.33. The Morgan fingerprint density at radius 1 is 1.15 bits per heavy atom. The minimum absolute atomic E-state index is 0.000480. The number of rotatable bonds is 8. The highest BCUT2D eigenvalue weighted by Crippen LogP contribution is 2.28. The van der Waals surface area contributed by atoms with Gasteiger partial charge in [0.25, 0.3) is 0 Å². The molecule has 0 spiro atoms. The Bertz CT molecular complexity index is 1030. The molecule has 178 valence electrons. The number of benzene rings is 1. The first kappa shape index (κ1) is 23.7. The van der Waals surface area contributed by atoms with Crippen LogP contribution in [0.4, 0.5) is 0 Å². The number of carbonyl (C=O) groups is 1. The van der Waals surface area contributed by atoms with Crippen molar-refractivity contribution < 1.29 is 17.9 Å². The van der Waals surface area contributed by atoms with Crippen molar-refractivity contribution in [3.05, 3.63) is 54.4 Å². The molecule has 9 heteroatoms. The van der Waals surface area contributed by atoms with Gasteiger partial charge in [0, 0.05) is 37.9 Å². The van der Waals surface area contributed by atoms with E-state index in [4.69, 9.17) is 4.74 Å². The Hall–Kier alpha value is -2.49. The highest BCUT2D eigenvalue weighted by molar-refractivity contribution is 7.89. The molecule has 1 aromatic heterocycles. The van der Waals surface area contributed by atoms with Gasteiger partial charge in [-0.05, 0) is 68.6 Å². The van der Waals surface area contributed by atoms with E-state index in [1.807, 2.05) is 18.2 Å². The topological polar surface area (TPSA) is 91.8 Å². The van der Waals surface area contributed by atoms with E-state index in [9.17, 15) is 13.2 Å². The molecule has 3 heterocycles. The van der Waals surface area contributed by atoms with Crippen LogP contribution >= 0.6 is 0 Å². The van der Waals surface area contributed by atoms with Crippen LogP contribution in [0.15, 0.2) is 53.7 Å². The molecule has 4 rings (SSSR count). The van der Waals surface area contributed by atoms with Gasteiger partial charge in [-0.1, -0.05) is 12.1 Å². The molecule has 2 saturated heterocycles. The van der Waals surface area contributed by atoms with Gasteiger partial charge in [0.2, 0.25) is 15.9 Å². The Labute approximate surface area is 196 Å². The van der Waals surface area contributed by atoms with Crippen LogP contribution in [-0.2, 0) is 14.8 Å². The molecular weight excluding hydrogens is 440 g/mol. The van der Waals surface area contributed by atoms with Crippen molar-refractivity contribution in [3.8, 4) is 5.75 Å². The molecule has 8 nitrogen and oxygen atoms in total. The van der Waals surface area contributed by atoms with E-state index in [0.29, 0.717) is 32.5 Å². The van der Waals surface area contributed by atoms with Crippen LogP contribution in [0.2, 0.25) is 0 Å². The highest BCUT2D eigenvalue weighted by atomic mass is 32.2. The first-order valence-electron chi connectivity index (χ1n) is 11.5. The zero-order valence-electron chi connectivity index (χ0n) is 19.0. The molecule has 1 N–H and O–H groups in total. The predicted octanol–water partition coefficient (Wildman–Crippen LogP) is 2.44. The lowest BCUT2D eigenvalue weighted by molar-refractivity contribution is -0.126. The number of ether oxygens (including phenoxy) is 1. The van der Waals surface area contributed by atoms with Gasteiger partial charge in [-0.25, -0.2) is 8.42 Å². The lowest BCUT2D eigenvalue weighted by Crippen LogP contribution is -2.44. The maximum atomic E-state index is 13.0. The molecule has 2 aliphatic rings. The van der Waals surface area contributed by atoms with Crippen molar-refractivity contribution in [1.29, 1.82) is 0 Å². The minimum atomic E-state index is -3.57. The summed E-state index contributed by atoms with van der Waals surface area (Å²) >= 11 is 0. The van der Waals surface area contributed by atoms with Crippen LogP contribution < -0.4 is 10.1 Å². The minimum Gasteiger partial charge on any atom is -0.497 e. The van der Waals surface area contributed by atoms with Crippen LogP contribution in [0.25, 0.3) is 0 Å². The van der Waals surface area contributed by atoms with Crippen LogP contribution in [0.1, 0.15) is 37.3 Å². The number of nitrogens with zero attached hydrogens (tertiary/aromatic N) is 3. The van der Waals surface area contributed by atoms with E-state index in [1.165, 1.54) is 10.5 Å². The van der Waals surface area contributed by atoms with Gasteiger partial charge in [0.15, 0.2) is 0 Å². The van der Waals surface area contributed by atoms with Gasteiger partial charge in [-0.3, -0.25) is 14.7 Å². The molecule has 1 atom stereocenters. The number of carbonyl (C=O) groups excluding carboxylic acids is 1. The van der Waals surface area contributed by atoms with Crippen molar-refractivity contribution in [2.75, 3.05) is 39.8 Å². The number of methoxy groups -OCH3 is 1. The Kier molecular flexibility index (Phi) is 7.62. The average molecular weight is 473 g/mol. The normalized spacial score (nSPS) is 19.3. The van der Waals surface area contributed by atoms with Crippen LogP contribution in [0.5, 0.6) is 5.75 Å². The average Bonchev–Trinajstić information content (AvgIpc) is 3.39. The van der Waals surface area contributed by atoms with Gasteiger partial charge in [-0.15, -0.1) is 0 Å². The number of hydrogen-bond acceptors (Lipinski definition) is 6. The summed E-state index contributed by atoms with van der Waals surface area (Å²) in [7, 11) is -1.91. The number of amides is 1. The van der Waals surface area contributed by atoms with Crippen LogP contribution in [0.3, 0.4) is 0 Å². The summed E-state index contributed by atoms with van der Waals surface area (Å²) < 4.78 is 32.5. The van der Waals surface area contributed by atoms with Gasteiger partial charge in [0.1, 0.15) is 10.6 Å². The summed E-state index contributed by atoms with van der Waals surface area (Å²) in [4.78, 5) is 19.5. The van der Waals surface area contributed by atoms with Crippen molar-refractivity contribution in [1.82, 2.24) is 19.5 Å². The quantitative estimate of drug-likeness (QED) is 0.635. The lowest BCUT2D eigenvalue weighted by atomic mass is 9.97. The summed E-state index contributed by atoms with van der Waals surface area (Å²) in [6, 6.07) is 11.3. The van der Waals surface area contributed by atoms with Crippen LogP contribution in [0, 0.1) is 5.92 Å². The molecule has 2 fully saturated rings. The second kappa shape index (κ2) is 10.6. The largest absolute Gasteiger partial charge is 0.497 e. The number of likely N-dealkylation sites (tertiary alicyclic amines) is 1. The van der Waals surface area contributed by atoms with Crippen molar-refractivity contribution >= 4 is 15.9 Å². The fourth-order valence-corrected chi connectivity index (χ4v) is 6.14. The smallest absolute Gasteiger partial charge is 0.244 e. The molecule has 0 radical (unpaired) electrons. The Balaban J connectivity index is 1.36. The fourth-order valence-electron chi connectivity index (χ4n) is 4.71. The number of hydrogen-bond donors (Lipinski definition) is 1. The Morgan fingerprint density at radius 2 is 1.91 bits per heavy atom. The third kappa shape index (κ3) is 5.54. The second-order valence-electron chi connectivity index (χ2n) is 8.65. The SMILES string of the molecule is COc1cccc(C(CNC(=O)C2CCN(S(=O)(=O)c3cccnc3)CC2)N2CCCC2)c1. The van der Waals surface area contributed by atoms with E-state index < -0.39 is 10.0 Å². The predicted molar refractivity (Wildman–Crippen MR) is 125 cm³/mol. The van der Waals surface area contributed by atoms with E-state index in [2.05, 4.69) is 21.3 Å². The summed E-state index contributed by atoms with van der Waals surface area (Å²) in [6.45, 7) is 3.23. The molecule has 0 bridgehead atoms. The fraction of sp³-hybridized carbons (Fsp3) is 0.500. The maximum absolute atomic E-state index is 13.0. The van der Waals surface area contributed by atoms with Gasteiger partial charge in [0.05, 0.1) is 13.2 Å². The number of aromatic nitrogens is 1. The number of sulfonamides is 1. The summed E-state index contributed by atoms with van der Waals surface area (Å²) in [5.74, 6) is 0.626. The van der Waals surface area contributed by atoms with Crippen LogP contribution in [-0.4, -0.2) is 68.3 Å². The molecule has 0 saturated carbocycles. The van der Waals surface area contributed by atoms with E-state index in [-0.39, 0.29) is 22.8 Å². The summed E-state index contributed by atoms with van der Waals surface area (Å²) in [6.07, 6.45) is 6.27. The van der Waals surface area contributed by atoms with Crippen molar-refractivity contribution in [2.45, 2.75) is 36.6 Å². The van der Waals surface area contributed by atoms with E-state index in [0.717, 1.165) is 37.2 Å². The standard InChI is InChI=1S/C24H32N4O4S/c1-32-21-7-4-6-20(16-21)23(27-12-2-3-13-27)18-26-24(29)19-9-14-28(15-10-19)33(30,31)22-8-5-11-25-17-22/h4-8,11,16-17,19,23H,2-3,9-10,12-15,18H2,1H3,(H,26,29). The first-order valence-corrected chi connectivity index (χ1v) is 13.0. The lowest BCUT2D eigenvalue weighted by Gasteiger charge is -2.32. The van der Waals surface area contributed by atoms with Gasteiger partial charge < -0.3 is 10.1 Å². The molecule has 33 heavy (non-hydrogen) atoms.